The van der Waals surface area contributed by atoms with Crippen molar-refractivity contribution < 1.29 is 0 Å². The number of nitrogens with zero attached hydrogens (tertiary/aromatic N) is 4. The monoisotopic (exact) mass is 269 g/mol. The van der Waals surface area contributed by atoms with Crippen LogP contribution in [-0.2, 0) is 5.75 Å². The van der Waals surface area contributed by atoms with E-state index in [2.05, 4.69) is 32.1 Å². The number of rotatable bonds is 3. The zero-order valence-corrected chi connectivity index (χ0v) is 10.8. The summed E-state index contributed by atoms with van der Waals surface area (Å²) in [4.78, 5) is 16.7. The molecule has 19 heavy (non-hydrogen) atoms. The highest BCUT2D eigenvalue weighted by Crippen LogP contribution is 2.26. The summed E-state index contributed by atoms with van der Waals surface area (Å²) in [6, 6.07) is 10.2. The lowest BCUT2D eigenvalue weighted by molar-refractivity contribution is 1.07. The van der Waals surface area contributed by atoms with Crippen LogP contribution in [0.15, 0.2) is 47.8 Å². The molecule has 0 amide bonds. The summed E-state index contributed by atoms with van der Waals surface area (Å²) in [5.74, 6) is 1.03. The van der Waals surface area contributed by atoms with Gasteiger partial charge >= 0.3 is 0 Å². The summed E-state index contributed by atoms with van der Waals surface area (Å²) < 4.78 is 0. The van der Waals surface area contributed by atoms with Gasteiger partial charge in [0.1, 0.15) is 10.5 Å². The molecule has 3 rings (SSSR count). The number of benzene rings is 1. The molecule has 0 spiro atoms. The molecule has 2 heterocycles. The van der Waals surface area contributed by atoms with Crippen LogP contribution < -0.4 is 5.73 Å². The van der Waals surface area contributed by atoms with E-state index in [4.69, 9.17) is 5.73 Å². The van der Waals surface area contributed by atoms with Crippen molar-refractivity contribution in [3.05, 3.63) is 48.3 Å². The van der Waals surface area contributed by atoms with Crippen LogP contribution in [0.25, 0.3) is 11.2 Å². The average molecular weight is 269 g/mol. The SMILES string of the molecule is Nc1nc(SCc2ccccc2)c2nccnc2n1. The van der Waals surface area contributed by atoms with Crippen molar-refractivity contribution in [2.24, 2.45) is 0 Å². The Kier molecular flexibility index (Phi) is 3.24. The minimum absolute atomic E-state index is 0.226. The van der Waals surface area contributed by atoms with E-state index in [0.29, 0.717) is 11.2 Å². The standard InChI is InChI=1S/C13H11N5S/c14-13-17-11-10(15-6-7-16-11)12(18-13)19-8-9-4-2-1-3-5-9/h1-7H,8H2,(H2,14,16,17,18). The molecule has 0 aliphatic rings. The first kappa shape index (κ1) is 11.9. The maximum atomic E-state index is 5.69. The summed E-state index contributed by atoms with van der Waals surface area (Å²) in [5.41, 5.74) is 8.14. The molecule has 2 N–H and O–H groups in total. The largest absolute Gasteiger partial charge is 0.368 e. The molecular formula is C13H11N5S. The van der Waals surface area contributed by atoms with Crippen molar-refractivity contribution in [3.63, 3.8) is 0 Å². The van der Waals surface area contributed by atoms with Gasteiger partial charge in [-0.15, -0.1) is 0 Å². The van der Waals surface area contributed by atoms with Gasteiger partial charge in [-0.1, -0.05) is 42.1 Å². The highest BCUT2D eigenvalue weighted by Gasteiger charge is 2.08. The fraction of sp³-hybridized carbons (Fsp3) is 0.0769. The van der Waals surface area contributed by atoms with Crippen LogP contribution >= 0.6 is 11.8 Å². The second-order valence-corrected chi connectivity index (χ2v) is 4.85. The smallest absolute Gasteiger partial charge is 0.223 e. The first-order valence-corrected chi connectivity index (χ1v) is 6.72. The van der Waals surface area contributed by atoms with Gasteiger partial charge in [0, 0.05) is 18.1 Å². The van der Waals surface area contributed by atoms with Gasteiger partial charge in [0.15, 0.2) is 5.65 Å². The van der Waals surface area contributed by atoms with E-state index in [1.165, 1.54) is 5.56 Å². The third-order valence-electron chi connectivity index (χ3n) is 2.54. The van der Waals surface area contributed by atoms with Crippen LogP contribution in [0.4, 0.5) is 5.95 Å². The third-order valence-corrected chi connectivity index (χ3v) is 3.57. The van der Waals surface area contributed by atoms with Crippen molar-refractivity contribution >= 4 is 28.9 Å². The fourth-order valence-electron chi connectivity index (χ4n) is 1.68. The molecule has 3 aromatic rings. The Morgan fingerprint density at radius 1 is 1.00 bits per heavy atom. The Bertz CT molecular complexity index is 702. The van der Waals surface area contributed by atoms with Crippen LogP contribution in [0.5, 0.6) is 0 Å². The van der Waals surface area contributed by atoms with Gasteiger partial charge in [-0.25, -0.2) is 15.0 Å². The van der Waals surface area contributed by atoms with Gasteiger partial charge < -0.3 is 5.73 Å². The molecule has 2 aromatic heterocycles. The molecular weight excluding hydrogens is 258 g/mol. The summed E-state index contributed by atoms with van der Waals surface area (Å²) >= 11 is 1.58. The predicted molar refractivity (Wildman–Crippen MR) is 75.5 cm³/mol. The maximum Gasteiger partial charge on any atom is 0.223 e. The lowest BCUT2D eigenvalue weighted by atomic mass is 10.2. The first-order chi connectivity index (χ1) is 9.33. The quantitative estimate of drug-likeness (QED) is 0.580. The van der Waals surface area contributed by atoms with Crippen molar-refractivity contribution in [2.75, 3.05) is 5.73 Å². The summed E-state index contributed by atoms with van der Waals surface area (Å²) in [6.45, 7) is 0. The van der Waals surface area contributed by atoms with Crippen LogP contribution in [0.3, 0.4) is 0 Å². The maximum absolute atomic E-state index is 5.69. The van der Waals surface area contributed by atoms with Crippen molar-refractivity contribution in [3.8, 4) is 0 Å². The second-order valence-electron chi connectivity index (χ2n) is 3.89. The number of hydrogen-bond donors (Lipinski definition) is 1. The third kappa shape index (κ3) is 2.63. The van der Waals surface area contributed by atoms with Gasteiger partial charge in [0.05, 0.1) is 0 Å². The molecule has 6 heteroatoms. The number of anilines is 1. The molecule has 0 aliphatic heterocycles. The molecule has 5 nitrogen and oxygen atoms in total. The van der Waals surface area contributed by atoms with Gasteiger partial charge in [-0.05, 0) is 5.56 Å². The Hall–Kier alpha value is -2.21. The average Bonchev–Trinajstić information content (AvgIpc) is 2.45. The van der Waals surface area contributed by atoms with Gasteiger partial charge in [0.2, 0.25) is 5.95 Å². The number of fused-ring (bicyclic) bond motifs is 1. The molecule has 0 aliphatic carbocycles. The van der Waals surface area contributed by atoms with Crippen molar-refractivity contribution in [1.82, 2.24) is 19.9 Å². The van der Waals surface area contributed by atoms with E-state index in [0.717, 1.165) is 10.8 Å². The summed E-state index contributed by atoms with van der Waals surface area (Å²) in [6.07, 6.45) is 3.23. The Balaban J connectivity index is 1.92. The topological polar surface area (TPSA) is 77.6 Å². The Morgan fingerprint density at radius 2 is 1.79 bits per heavy atom. The highest BCUT2D eigenvalue weighted by atomic mass is 32.2. The molecule has 0 bridgehead atoms. The van der Waals surface area contributed by atoms with Crippen LogP contribution in [0.1, 0.15) is 5.56 Å². The van der Waals surface area contributed by atoms with Crippen LogP contribution in [0, 0.1) is 0 Å². The predicted octanol–water partition coefficient (Wildman–Crippen LogP) is 2.29. The highest BCUT2D eigenvalue weighted by molar-refractivity contribution is 7.98. The van der Waals surface area contributed by atoms with Gasteiger partial charge in [-0.2, -0.15) is 4.98 Å². The van der Waals surface area contributed by atoms with E-state index in [1.54, 1.807) is 24.2 Å². The number of hydrogen-bond acceptors (Lipinski definition) is 6. The van der Waals surface area contributed by atoms with Crippen LogP contribution in [-0.4, -0.2) is 19.9 Å². The van der Waals surface area contributed by atoms with E-state index in [1.807, 2.05) is 18.2 Å². The molecule has 0 radical (unpaired) electrons. The lowest BCUT2D eigenvalue weighted by Gasteiger charge is -2.04. The van der Waals surface area contributed by atoms with E-state index in [9.17, 15) is 0 Å². The fourth-order valence-corrected chi connectivity index (χ4v) is 2.62. The number of nitrogens with two attached hydrogens (primary N) is 1. The summed E-state index contributed by atoms with van der Waals surface area (Å²) in [5, 5.41) is 0.763. The summed E-state index contributed by atoms with van der Waals surface area (Å²) in [7, 11) is 0. The molecule has 0 fully saturated rings. The van der Waals surface area contributed by atoms with Crippen LogP contribution in [0.2, 0.25) is 0 Å². The second kappa shape index (κ2) is 5.19. The normalized spacial score (nSPS) is 10.7. The number of nitrogen functional groups attached to an aromatic ring is 1. The molecule has 0 saturated heterocycles. The lowest BCUT2D eigenvalue weighted by Crippen LogP contribution is -1.99. The van der Waals surface area contributed by atoms with Crippen molar-refractivity contribution in [2.45, 2.75) is 10.8 Å². The first-order valence-electron chi connectivity index (χ1n) is 5.74. The van der Waals surface area contributed by atoms with E-state index < -0.39 is 0 Å². The van der Waals surface area contributed by atoms with Gasteiger partial charge in [0.25, 0.3) is 0 Å². The number of aromatic nitrogens is 4. The Morgan fingerprint density at radius 3 is 2.63 bits per heavy atom. The van der Waals surface area contributed by atoms with E-state index >= 15 is 0 Å². The Labute approximate surface area is 114 Å². The molecule has 1 aromatic carbocycles. The molecule has 0 atom stereocenters. The van der Waals surface area contributed by atoms with E-state index in [-0.39, 0.29) is 5.95 Å². The zero-order chi connectivity index (χ0) is 13.1. The van der Waals surface area contributed by atoms with Crippen molar-refractivity contribution in [1.29, 1.82) is 0 Å². The van der Waals surface area contributed by atoms with Gasteiger partial charge in [-0.3, -0.25) is 0 Å². The zero-order valence-electron chi connectivity index (χ0n) is 10.0. The number of thioether (sulfide) groups is 1. The molecule has 0 saturated carbocycles. The molecule has 0 unspecified atom stereocenters. The minimum Gasteiger partial charge on any atom is -0.368 e. The molecule has 94 valence electrons. The minimum atomic E-state index is 0.226.